The maximum absolute atomic E-state index is 5.70. The first-order chi connectivity index (χ1) is 5.70. The summed E-state index contributed by atoms with van der Waals surface area (Å²) < 4.78 is 0.484. The molecule has 0 bridgehead atoms. The Hall–Kier alpha value is -0.740. The highest BCUT2D eigenvalue weighted by atomic mass is 32.1. The summed E-state index contributed by atoms with van der Waals surface area (Å²) in [5, 5.41) is 2.92. The second kappa shape index (κ2) is 4.33. The first-order valence-electron chi connectivity index (χ1n) is 3.50. The molecular weight excluding hydrogens is 188 g/mol. The Labute approximate surface area is 82.6 Å². The molecule has 0 aliphatic heterocycles. The van der Waals surface area contributed by atoms with Crippen molar-refractivity contribution in [1.82, 2.24) is 5.32 Å². The number of anilines is 1. The molecule has 0 saturated heterocycles. The number of nitrogens with two attached hydrogens (primary N) is 1. The average molecular weight is 198 g/mol. The molecule has 0 heterocycles. The van der Waals surface area contributed by atoms with Gasteiger partial charge >= 0.3 is 0 Å². The van der Waals surface area contributed by atoms with Crippen molar-refractivity contribution in [3.63, 3.8) is 0 Å². The van der Waals surface area contributed by atoms with Crippen molar-refractivity contribution in [2.45, 2.75) is 6.54 Å². The molecule has 4 heteroatoms. The molecule has 0 aliphatic carbocycles. The Morgan fingerprint density at radius 1 is 1.50 bits per heavy atom. The topological polar surface area (TPSA) is 38.0 Å². The van der Waals surface area contributed by atoms with Gasteiger partial charge in [-0.1, -0.05) is 30.4 Å². The van der Waals surface area contributed by atoms with Crippen LogP contribution in [0.2, 0.25) is 0 Å². The molecule has 0 spiro atoms. The molecule has 1 rings (SSSR count). The highest BCUT2D eigenvalue weighted by Gasteiger charge is 1.96. The summed E-state index contributed by atoms with van der Waals surface area (Å²) in [4.78, 5) is 0. The average Bonchev–Trinajstić information content (AvgIpc) is 2.03. The molecular formula is C8H10N2S2. The number of thiol groups is 1. The number of hydrogen-bond donors (Lipinski definition) is 3. The minimum atomic E-state index is 0.484. The first kappa shape index (κ1) is 9.35. The predicted octanol–water partition coefficient (Wildman–Crippen LogP) is 1.57. The summed E-state index contributed by atoms with van der Waals surface area (Å²) in [5.41, 5.74) is 7.51. The van der Waals surface area contributed by atoms with E-state index in [0.29, 0.717) is 10.9 Å². The molecule has 1 aromatic rings. The third-order valence-electron chi connectivity index (χ3n) is 1.49. The fourth-order valence-electron chi connectivity index (χ4n) is 0.866. The normalized spacial score (nSPS) is 9.42. The van der Waals surface area contributed by atoms with Crippen LogP contribution < -0.4 is 11.1 Å². The first-order valence-corrected chi connectivity index (χ1v) is 4.36. The summed E-state index contributed by atoms with van der Waals surface area (Å²) in [7, 11) is 0. The molecule has 3 N–H and O–H groups in total. The Morgan fingerprint density at radius 3 is 2.75 bits per heavy atom. The van der Waals surface area contributed by atoms with Crippen LogP contribution in [0, 0.1) is 0 Å². The van der Waals surface area contributed by atoms with Crippen LogP contribution >= 0.6 is 24.8 Å². The van der Waals surface area contributed by atoms with Crippen molar-refractivity contribution in [3.05, 3.63) is 29.8 Å². The van der Waals surface area contributed by atoms with E-state index < -0.39 is 0 Å². The lowest BCUT2D eigenvalue weighted by molar-refractivity contribution is 0.943. The van der Waals surface area contributed by atoms with Crippen LogP contribution in [-0.2, 0) is 6.54 Å². The highest BCUT2D eigenvalue weighted by Crippen LogP contribution is 2.09. The number of nitrogen functional groups attached to an aromatic ring is 1. The molecule has 2 nitrogen and oxygen atoms in total. The van der Waals surface area contributed by atoms with Crippen molar-refractivity contribution in [2.75, 3.05) is 5.73 Å². The fourth-order valence-corrected chi connectivity index (χ4v) is 1.02. The number of hydrogen-bond acceptors (Lipinski definition) is 2. The van der Waals surface area contributed by atoms with E-state index in [4.69, 9.17) is 18.0 Å². The Morgan fingerprint density at radius 2 is 2.17 bits per heavy atom. The van der Waals surface area contributed by atoms with E-state index in [1.807, 2.05) is 24.3 Å². The maximum atomic E-state index is 5.70. The molecule has 0 saturated carbocycles. The second-order valence-corrected chi connectivity index (χ2v) is 3.52. The summed E-state index contributed by atoms with van der Waals surface area (Å²) in [6.45, 7) is 0.634. The van der Waals surface area contributed by atoms with Gasteiger partial charge in [-0.2, -0.15) is 0 Å². The van der Waals surface area contributed by atoms with E-state index in [1.54, 1.807) is 0 Å². The summed E-state index contributed by atoms with van der Waals surface area (Å²) in [5.74, 6) is 0. The minimum Gasteiger partial charge on any atom is -0.398 e. The van der Waals surface area contributed by atoms with Crippen LogP contribution in [0.4, 0.5) is 5.69 Å². The van der Waals surface area contributed by atoms with Gasteiger partial charge in [-0.15, -0.1) is 12.6 Å². The van der Waals surface area contributed by atoms with Gasteiger partial charge in [0, 0.05) is 12.2 Å². The quantitative estimate of drug-likeness (QED) is 0.384. The predicted molar refractivity (Wildman–Crippen MR) is 59.3 cm³/mol. The van der Waals surface area contributed by atoms with E-state index in [9.17, 15) is 0 Å². The van der Waals surface area contributed by atoms with E-state index in [1.165, 1.54) is 0 Å². The van der Waals surface area contributed by atoms with Gasteiger partial charge in [0.15, 0.2) is 0 Å². The van der Waals surface area contributed by atoms with Gasteiger partial charge in [-0.25, -0.2) is 0 Å². The SMILES string of the molecule is Nc1ccccc1CNC(=S)S. The number of benzene rings is 1. The zero-order valence-electron chi connectivity index (χ0n) is 6.45. The molecule has 12 heavy (non-hydrogen) atoms. The zero-order chi connectivity index (χ0) is 8.97. The number of thiocarbonyl (C=S) groups is 1. The molecule has 0 amide bonds. The van der Waals surface area contributed by atoms with Crippen molar-refractivity contribution in [1.29, 1.82) is 0 Å². The highest BCUT2D eigenvalue weighted by molar-refractivity contribution is 8.11. The van der Waals surface area contributed by atoms with Crippen molar-refractivity contribution >= 4 is 34.9 Å². The Kier molecular flexibility index (Phi) is 3.37. The maximum Gasteiger partial charge on any atom is 0.130 e. The monoisotopic (exact) mass is 198 g/mol. The zero-order valence-corrected chi connectivity index (χ0v) is 8.16. The van der Waals surface area contributed by atoms with Crippen molar-refractivity contribution in [2.24, 2.45) is 0 Å². The van der Waals surface area contributed by atoms with E-state index in [0.717, 1.165) is 11.3 Å². The standard InChI is InChI=1S/C8H10N2S2/c9-7-4-2-1-3-6(7)5-10-8(11)12/h1-4H,5,9H2,(H2,10,11,12). The molecule has 0 atom stereocenters. The summed E-state index contributed by atoms with van der Waals surface area (Å²) in [6, 6.07) is 7.65. The van der Waals surface area contributed by atoms with Crippen LogP contribution in [0.5, 0.6) is 0 Å². The Balaban J connectivity index is 2.63. The van der Waals surface area contributed by atoms with Crippen LogP contribution in [0.1, 0.15) is 5.56 Å². The molecule has 0 aromatic heterocycles. The van der Waals surface area contributed by atoms with Crippen molar-refractivity contribution in [3.8, 4) is 0 Å². The van der Waals surface area contributed by atoms with Crippen LogP contribution in [0.3, 0.4) is 0 Å². The van der Waals surface area contributed by atoms with Gasteiger partial charge in [0.1, 0.15) is 4.32 Å². The summed E-state index contributed by atoms with van der Waals surface area (Å²) in [6.07, 6.45) is 0. The smallest absolute Gasteiger partial charge is 0.130 e. The molecule has 0 aliphatic rings. The van der Waals surface area contributed by atoms with Gasteiger partial charge in [-0.3, -0.25) is 0 Å². The third kappa shape index (κ3) is 2.71. The van der Waals surface area contributed by atoms with E-state index in [2.05, 4.69) is 17.9 Å². The van der Waals surface area contributed by atoms with E-state index in [-0.39, 0.29) is 0 Å². The third-order valence-corrected chi connectivity index (χ3v) is 1.79. The molecule has 0 unspecified atom stereocenters. The van der Waals surface area contributed by atoms with Gasteiger partial charge in [0.2, 0.25) is 0 Å². The lowest BCUT2D eigenvalue weighted by Crippen LogP contribution is -2.16. The van der Waals surface area contributed by atoms with Gasteiger partial charge in [-0.05, 0) is 11.6 Å². The fraction of sp³-hybridized carbons (Fsp3) is 0.125. The minimum absolute atomic E-state index is 0.484. The van der Waals surface area contributed by atoms with Crippen LogP contribution in [0.25, 0.3) is 0 Å². The van der Waals surface area contributed by atoms with Crippen molar-refractivity contribution < 1.29 is 0 Å². The summed E-state index contributed by atoms with van der Waals surface area (Å²) >= 11 is 8.69. The van der Waals surface area contributed by atoms with E-state index >= 15 is 0 Å². The largest absolute Gasteiger partial charge is 0.398 e. The van der Waals surface area contributed by atoms with Gasteiger partial charge < -0.3 is 11.1 Å². The molecule has 0 fully saturated rings. The number of para-hydroxylation sites is 1. The Bertz CT molecular complexity index is 286. The molecule has 0 radical (unpaired) electrons. The number of rotatable bonds is 2. The van der Waals surface area contributed by atoms with Crippen LogP contribution in [0.15, 0.2) is 24.3 Å². The van der Waals surface area contributed by atoms with Crippen LogP contribution in [-0.4, -0.2) is 4.32 Å². The molecule has 1 aromatic carbocycles. The number of nitrogens with one attached hydrogen (secondary N) is 1. The second-order valence-electron chi connectivity index (χ2n) is 2.36. The lowest BCUT2D eigenvalue weighted by Gasteiger charge is -2.05. The van der Waals surface area contributed by atoms with Gasteiger partial charge in [0.05, 0.1) is 0 Å². The molecule has 64 valence electrons. The van der Waals surface area contributed by atoms with Gasteiger partial charge in [0.25, 0.3) is 0 Å². The lowest BCUT2D eigenvalue weighted by atomic mass is 10.2.